The van der Waals surface area contributed by atoms with Gasteiger partial charge in [-0.25, -0.2) is 0 Å². The largest absolute Gasteiger partial charge is 0.379 e. The van der Waals surface area contributed by atoms with Gasteiger partial charge in [-0.05, 0) is 49.2 Å². The van der Waals surface area contributed by atoms with Gasteiger partial charge >= 0.3 is 0 Å². The van der Waals surface area contributed by atoms with Crippen LogP contribution in [-0.4, -0.2) is 5.78 Å². The molecular formula is C18H21NO. The van der Waals surface area contributed by atoms with Gasteiger partial charge in [-0.15, -0.1) is 0 Å². The van der Waals surface area contributed by atoms with E-state index in [1.807, 2.05) is 31.2 Å². The zero-order valence-corrected chi connectivity index (χ0v) is 12.3. The minimum absolute atomic E-state index is 0.184. The van der Waals surface area contributed by atoms with Crippen molar-refractivity contribution in [2.45, 2.75) is 33.2 Å². The third kappa shape index (κ3) is 3.27. The second kappa shape index (κ2) is 6.38. The fraction of sp³-hybridized carbons (Fsp3) is 0.278. The van der Waals surface area contributed by atoms with Gasteiger partial charge in [-0.2, -0.15) is 0 Å². The molecular weight excluding hydrogens is 246 g/mol. The number of anilines is 1. The van der Waals surface area contributed by atoms with Crippen LogP contribution in [0, 0.1) is 6.92 Å². The first-order chi connectivity index (χ1) is 9.61. The van der Waals surface area contributed by atoms with E-state index in [-0.39, 0.29) is 11.8 Å². The molecule has 0 spiro atoms. The number of nitrogens with one attached hydrogen (secondary N) is 1. The molecule has 0 aromatic heterocycles. The molecule has 2 heteroatoms. The lowest BCUT2D eigenvalue weighted by molar-refractivity contribution is 0.0988. The highest BCUT2D eigenvalue weighted by Gasteiger charge is 2.08. The van der Waals surface area contributed by atoms with Crippen LogP contribution in [0.3, 0.4) is 0 Å². The molecule has 0 bridgehead atoms. The maximum absolute atomic E-state index is 11.6. The lowest BCUT2D eigenvalue weighted by Gasteiger charge is -2.18. The molecule has 2 aromatic carbocycles. The Morgan fingerprint density at radius 1 is 1.10 bits per heavy atom. The van der Waals surface area contributed by atoms with Crippen LogP contribution in [0.2, 0.25) is 0 Å². The van der Waals surface area contributed by atoms with Crippen molar-refractivity contribution in [3.8, 4) is 0 Å². The summed E-state index contributed by atoms with van der Waals surface area (Å²) in [5.74, 6) is 0.184. The quantitative estimate of drug-likeness (QED) is 0.791. The van der Waals surface area contributed by atoms with E-state index in [0.29, 0.717) is 6.42 Å². The Bertz CT molecular complexity index is 587. The van der Waals surface area contributed by atoms with Crippen molar-refractivity contribution >= 4 is 11.5 Å². The number of ketones is 1. The van der Waals surface area contributed by atoms with Gasteiger partial charge in [-0.1, -0.05) is 31.2 Å². The van der Waals surface area contributed by atoms with E-state index in [9.17, 15) is 4.79 Å². The molecule has 2 aromatic rings. The number of Topliss-reactive ketones (excluding diaryl/α,β-unsaturated/α-hetero) is 1. The predicted molar refractivity (Wildman–Crippen MR) is 84.3 cm³/mol. The van der Waals surface area contributed by atoms with E-state index < -0.39 is 0 Å². The summed E-state index contributed by atoms with van der Waals surface area (Å²) in [6.45, 7) is 6.15. The van der Waals surface area contributed by atoms with Gasteiger partial charge in [-0.3, -0.25) is 4.79 Å². The first-order valence-corrected chi connectivity index (χ1v) is 7.07. The van der Waals surface area contributed by atoms with E-state index in [0.717, 1.165) is 11.3 Å². The Kier molecular flexibility index (Phi) is 4.57. The standard InChI is InChI=1S/C18H21NO/c1-4-18(20)15-9-11-16(12-10-15)19-14(3)17-8-6-5-7-13(17)2/h5-12,14,19H,4H2,1-3H3. The maximum atomic E-state index is 11.6. The zero-order valence-electron chi connectivity index (χ0n) is 12.3. The van der Waals surface area contributed by atoms with Gasteiger partial charge in [0.15, 0.2) is 5.78 Å². The van der Waals surface area contributed by atoms with Gasteiger partial charge < -0.3 is 5.32 Å². The molecule has 0 aliphatic carbocycles. The molecule has 0 heterocycles. The smallest absolute Gasteiger partial charge is 0.162 e. The molecule has 0 amide bonds. The molecule has 2 nitrogen and oxygen atoms in total. The summed E-state index contributed by atoms with van der Waals surface area (Å²) in [7, 11) is 0. The summed E-state index contributed by atoms with van der Waals surface area (Å²) in [4.78, 5) is 11.6. The first-order valence-electron chi connectivity index (χ1n) is 7.07. The maximum Gasteiger partial charge on any atom is 0.162 e. The van der Waals surface area contributed by atoms with Gasteiger partial charge in [0, 0.05) is 23.7 Å². The normalized spacial score (nSPS) is 11.9. The lowest BCUT2D eigenvalue weighted by Crippen LogP contribution is -2.08. The molecule has 1 N–H and O–H groups in total. The Balaban J connectivity index is 2.10. The van der Waals surface area contributed by atoms with Crippen molar-refractivity contribution in [3.63, 3.8) is 0 Å². The third-order valence-electron chi connectivity index (χ3n) is 3.57. The minimum atomic E-state index is 0.184. The van der Waals surface area contributed by atoms with Crippen LogP contribution >= 0.6 is 0 Å². The van der Waals surface area contributed by atoms with Crippen molar-refractivity contribution in [1.29, 1.82) is 0 Å². The summed E-state index contributed by atoms with van der Waals surface area (Å²) in [6.07, 6.45) is 0.548. The van der Waals surface area contributed by atoms with Crippen LogP contribution in [0.25, 0.3) is 0 Å². The fourth-order valence-corrected chi connectivity index (χ4v) is 2.36. The van der Waals surface area contributed by atoms with Gasteiger partial charge in [0.1, 0.15) is 0 Å². The number of benzene rings is 2. The molecule has 2 rings (SSSR count). The van der Waals surface area contributed by atoms with E-state index >= 15 is 0 Å². The molecule has 1 atom stereocenters. The highest BCUT2D eigenvalue weighted by Crippen LogP contribution is 2.22. The predicted octanol–water partition coefficient (Wildman–Crippen LogP) is 4.76. The summed E-state index contributed by atoms with van der Waals surface area (Å²) in [5, 5.41) is 3.47. The number of aryl methyl sites for hydroxylation is 1. The third-order valence-corrected chi connectivity index (χ3v) is 3.57. The Labute approximate surface area is 120 Å². The molecule has 0 aliphatic heterocycles. The van der Waals surface area contributed by atoms with Crippen molar-refractivity contribution in [3.05, 3.63) is 65.2 Å². The molecule has 0 aliphatic rings. The summed E-state index contributed by atoms with van der Waals surface area (Å²) in [6, 6.07) is 16.3. The topological polar surface area (TPSA) is 29.1 Å². The summed E-state index contributed by atoms with van der Waals surface area (Å²) in [5.41, 5.74) is 4.39. The van der Waals surface area contributed by atoms with Gasteiger partial charge in [0.2, 0.25) is 0 Å². The van der Waals surface area contributed by atoms with Crippen LogP contribution in [-0.2, 0) is 0 Å². The molecule has 1 unspecified atom stereocenters. The van der Waals surface area contributed by atoms with Crippen LogP contribution in [0.1, 0.15) is 47.8 Å². The summed E-state index contributed by atoms with van der Waals surface area (Å²) >= 11 is 0. The number of carbonyl (C=O) groups excluding carboxylic acids is 1. The van der Waals surface area contributed by atoms with Gasteiger partial charge in [0.05, 0.1) is 0 Å². The van der Waals surface area contributed by atoms with E-state index in [4.69, 9.17) is 0 Å². The van der Waals surface area contributed by atoms with Crippen LogP contribution < -0.4 is 5.32 Å². The Morgan fingerprint density at radius 3 is 2.35 bits per heavy atom. The molecule has 0 saturated heterocycles. The van der Waals surface area contributed by atoms with Gasteiger partial charge in [0.25, 0.3) is 0 Å². The second-order valence-corrected chi connectivity index (χ2v) is 5.08. The summed E-state index contributed by atoms with van der Waals surface area (Å²) < 4.78 is 0. The number of hydrogen-bond donors (Lipinski definition) is 1. The first kappa shape index (κ1) is 14.3. The minimum Gasteiger partial charge on any atom is -0.379 e. The number of carbonyl (C=O) groups is 1. The number of rotatable bonds is 5. The molecule has 0 fully saturated rings. The van der Waals surface area contributed by atoms with Crippen molar-refractivity contribution in [2.75, 3.05) is 5.32 Å². The Morgan fingerprint density at radius 2 is 1.75 bits per heavy atom. The monoisotopic (exact) mass is 267 g/mol. The highest BCUT2D eigenvalue weighted by atomic mass is 16.1. The molecule has 20 heavy (non-hydrogen) atoms. The Hall–Kier alpha value is -2.09. The lowest BCUT2D eigenvalue weighted by atomic mass is 10.0. The molecule has 0 radical (unpaired) electrons. The van der Waals surface area contributed by atoms with Crippen LogP contribution in [0.5, 0.6) is 0 Å². The van der Waals surface area contributed by atoms with Crippen molar-refractivity contribution in [2.24, 2.45) is 0 Å². The zero-order chi connectivity index (χ0) is 14.5. The van der Waals surface area contributed by atoms with Crippen molar-refractivity contribution in [1.82, 2.24) is 0 Å². The fourth-order valence-electron chi connectivity index (χ4n) is 2.36. The van der Waals surface area contributed by atoms with E-state index in [1.165, 1.54) is 11.1 Å². The number of hydrogen-bond acceptors (Lipinski definition) is 2. The highest BCUT2D eigenvalue weighted by molar-refractivity contribution is 5.96. The average Bonchev–Trinajstić information content (AvgIpc) is 2.47. The van der Waals surface area contributed by atoms with Crippen LogP contribution in [0.15, 0.2) is 48.5 Å². The molecule has 0 saturated carbocycles. The van der Waals surface area contributed by atoms with E-state index in [1.54, 1.807) is 0 Å². The van der Waals surface area contributed by atoms with E-state index in [2.05, 4.69) is 43.4 Å². The average molecular weight is 267 g/mol. The molecule has 104 valence electrons. The van der Waals surface area contributed by atoms with Crippen molar-refractivity contribution < 1.29 is 4.79 Å². The second-order valence-electron chi connectivity index (χ2n) is 5.08. The van der Waals surface area contributed by atoms with Crippen LogP contribution in [0.4, 0.5) is 5.69 Å². The SMILES string of the molecule is CCC(=O)c1ccc(NC(C)c2ccccc2C)cc1.